The molecule has 3 nitrogen and oxygen atoms in total. The van der Waals surface area contributed by atoms with Crippen molar-refractivity contribution >= 4 is 5.97 Å². The summed E-state index contributed by atoms with van der Waals surface area (Å²) in [6, 6.07) is 0. The first kappa shape index (κ1) is 9.97. The Morgan fingerprint density at radius 1 is 1.21 bits per heavy atom. The van der Waals surface area contributed by atoms with Crippen LogP contribution < -0.4 is 0 Å². The van der Waals surface area contributed by atoms with Gasteiger partial charge in [-0.1, -0.05) is 12.8 Å². The molecule has 2 fully saturated rings. The quantitative estimate of drug-likeness (QED) is 0.755. The van der Waals surface area contributed by atoms with E-state index in [1.807, 2.05) is 0 Å². The van der Waals surface area contributed by atoms with Gasteiger partial charge in [-0.05, 0) is 31.6 Å². The molecule has 1 saturated carbocycles. The fourth-order valence-electron chi connectivity index (χ4n) is 2.87. The largest absolute Gasteiger partial charge is 0.481 e. The maximum atomic E-state index is 11.2. The van der Waals surface area contributed by atoms with Crippen molar-refractivity contribution in [1.82, 2.24) is 0 Å². The predicted molar refractivity (Wildman–Crippen MR) is 52.1 cm³/mol. The van der Waals surface area contributed by atoms with Gasteiger partial charge >= 0.3 is 5.97 Å². The Bertz CT molecular complexity index is 187. The predicted octanol–water partition coefficient (Wildman–Crippen LogP) is 2.06. The summed E-state index contributed by atoms with van der Waals surface area (Å²) in [5.74, 6) is -0.514. The second-order valence-corrected chi connectivity index (χ2v) is 4.46. The van der Waals surface area contributed by atoms with Crippen molar-refractivity contribution in [2.45, 2.75) is 44.6 Å². The Balaban J connectivity index is 2.02. The van der Waals surface area contributed by atoms with E-state index in [1.165, 1.54) is 12.8 Å². The van der Waals surface area contributed by atoms with Gasteiger partial charge in [0.2, 0.25) is 0 Å². The van der Waals surface area contributed by atoms with E-state index in [0.717, 1.165) is 32.3 Å². The standard InChI is InChI=1S/C11H18O3/c12-11(13)10(8-4-1-2-5-8)9-6-3-7-14-9/h8-10H,1-7H2,(H,12,13). The molecular formula is C11H18O3. The van der Waals surface area contributed by atoms with Gasteiger partial charge in [-0.25, -0.2) is 0 Å². The van der Waals surface area contributed by atoms with Crippen molar-refractivity contribution in [1.29, 1.82) is 0 Å². The zero-order valence-corrected chi connectivity index (χ0v) is 8.45. The average Bonchev–Trinajstić information content (AvgIpc) is 2.75. The van der Waals surface area contributed by atoms with Crippen LogP contribution >= 0.6 is 0 Å². The van der Waals surface area contributed by atoms with E-state index in [0.29, 0.717) is 5.92 Å². The number of hydrogen-bond donors (Lipinski definition) is 1. The lowest BCUT2D eigenvalue weighted by molar-refractivity contribution is -0.149. The van der Waals surface area contributed by atoms with Crippen molar-refractivity contribution in [3.63, 3.8) is 0 Å². The van der Waals surface area contributed by atoms with Gasteiger partial charge in [-0.3, -0.25) is 4.79 Å². The molecule has 2 aliphatic rings. The number of hydrogen-bond acceptors (Lipinski definition) is 2. The lowest BCUT2D eigenvalue weighted by Crippen LogP contribution is -2.33. The SMILES string of the molecule is O=C(O)C(C1CCCC1)C1CCCO1. The molecule has 80 valence electrons. The second-order valence-electron chi connectivity index (χ2n) is 4.46. The smallest absolute Gasteiger partial charge is 0.309 e. The summed E-state index contributed by atoms with van der Waals surface area (Å²) < 4.78 is 5.51. The van der Waals surface area contributed by atoms with Crippen LogP contribution in [-0.4, -0.2) is 23.8 Å². The van der Waals surface area contributed by atoms with Crippen molar-refractivity contribution in [2.75, 3.05) is 6.61 Å². The summed E-state index contributed by atoms with van der Waals surface area (Å²) in [6.45, 7) is 0.751. The molecular weight excluding hydrogens is 180 g/mol. The van der Waals surface area contributed by atoms with Gasteiger partial charge in [-0.2, -0.15) is 0 Å². The van der Waals surface area contributed by atoms with Crippen LogP contribution in [0, 0.1) is 11.8 Å². The molecule has 1 aliphatic carbocycles. The molecule has 2 rings (SSSR count). The third-order valence-corrected chi connectivity index (χ3v) is 3.56. The molecule has 1 N–H and O–H groups in total. The molecule has 1 aliphatic heterocycles. The first-order valence-corrected chi connectivity index (χ1v) is 5.63. The van der Waals surface area contributed by atoms with E-state index >= 15 is 0 Å². The van der Waals surface area contributed by atoms with Crippen LogP contribution in [-0.2, 0) is 9.53 Å². The zero-order valence-electron chi connectivity index (χ0n) is 8.45. The minimum absolute atomic E-state index is 0.00407. The highest BCUT2D eigenvalue weighted by atomic mass is 16.5. The topological polar surface area (TPSA) is 46.5 Å². The summed E-state index contributed by atoms with van der Waals surface area (Å²) in [4.78, 5) is 11.2. The number of aliphatic carboxylic acids is 1. The number of carboxylic acid groups (broad SMARTS) is 1. The molecule has 14 heavy (non-hydrogen) atoms. The van der Waals surface area contributed by atoms with Crippen LogP contribution in [0.25, 0.3) is 0 Å². The molecule has 0 amide bonds. The van der Waals surface area contributed by atoms with Crippen LogP contribution in [0.2, 0.25) is 0 Å². The monoisotopic (exact) mass is 198 g/mol. The highest BCUT2D eigenvalue weighted by Crippen LogP contribution is 2.36. The average molecular weight is 198 g/mol. The van der Waals surface area contributed by atoms with E-state index in [-0.39, 0.29) is 12.0 Å². The molecule has 0 radical (unpaired) electrons. The summed E-state index contributed by atoms with van der Waals surface area (Å²) in [5.41, 5.74) is 0. The fraction of sp³-hybridized carbons (Fsp3) is 0.909. The Labute approximate surface area is 84.4 Å². The first-order chi connectivity index (χ1) is 6.79. The van der Waals surface area contributed by atoms with Crippen molar-refractivity contribution in [3.05, 3.63) is 0 Å². The minimum Gasteiger partial charge on any atom is -0.481 e. The van der Waals surface area contributed by atoms with Gasteiger partial charge in [0.1, 0.15) is 0 Å². The van der Waals surface area contributed by atoms with E-state index < -0.39 is 5.97 Å². The number of carbonyl (C=O) groups is 1. The zero-order chi connectivity index (χ0) is 9.97. The van der Waals surface area contributed by atoms with Gasteiger partial charge in [0.05, 0.1) is 12.0 Å². The lowest BCUT2D eigenvalue weighted by Gasteiger charge is -2.24. The van der Waals surface area contributed by atoms with Crippen LogP contribution in [0.1, 0.15) is 38.5 Å². The highest BCUT2D eigenvalue weighted by molar-refractivity contribution is 5.71. The van der Waals surface area contributed by atoms with Gasteiger partial charge in [0.25, 0.3) is 0 Å². The molecule has 2 atom stereocenters. The minimum atomic E-state index is -0.649. The molecule has 1 saturated heterocycles. The van der Waals surface area contributed by atoms with Crippen LogP contribution in [0.4, 0.5) is 0 Å². The highest BCUT2D eigenvalue weighted by Gasteiger charge is 2.38. The molecule has 3 heteroatoms. The maximum absolute atomic E-state index is 11.2. The van der Waals surface area contributed by atoms with E-state index in [2.05, 4.69) is 0 Å². The molecule has 1 heterocycles. The second kappa shape index (κ2) is 4.30. The summed E-state index contributed by atoms with van der Waals surface area (Å²) in [5, 5.41) is 9.21. The van der Waals surface area contributed by atoms with Gasteiger partial charge in [-0.15, -0.1) is 0 Å². The molecule has 0 spiro atoms. The van der Waals surface area contributed by atoms with Crippen molar-refractivity contribution in [3.8, 4) is 0 Å². The molecule has 0 aromatic carbocycles. The van der Waals surface area contributed by atoms with Crippen molar-refractivity contribution in [2.24, 2.45) is 11.8 Å². The van der Waals surface area contributed by atoms with E-state index in [4.69, 9.17) is 4.74 Å². The maximum Gasteiger partial charge on any atom is 0.309 e. The van der Waals surface area contributed by atoms with Gasteiger partial charge in [0.15, 0.2) is 0 Å². The number of carboxylic acids is 1. The van der Waals surface area contributed by atoms with Crippen LogP contribution in [0.3, 0.4) is 0 Å². The van der Waals surface area contributed by atoms with Crippen LogP contribution in [0.5, 0.6) is 0 Å². The number of rotatable bonds is 3. The van der Waals surface area contributed by atoms with E-state index in [1.54, 1.807) is 0 Å². The Hall–Kier alpha value is -0.570. The lowest BCUT2D eigenvalue weighted by atomic mass is 9.85. The third-order valence-electron chi connectivity index (χ3n) is 3.56. The Kier molecular flexibility index (Phi) is 3.06. The van der Waals surface area contributed by atoms with E-state index in [9.17, 15) is 9.90 Å². The molecule has 0 aromatic rings. The molecule has 2 unspecified atom stereocenters. The summed E-state index contributed by atoms with van der Waals surface area (Å²) in [6.07, 6.45) is 6.51. The first-order valence-electron chi connectivity index (χ1n) is 5.63. The Morgan fingerprint density at radius 2 is 1.93 bits per heavy atom. The van der Waals surface area contributed by atoms with Gasteiger partial charge < -0.3 is 9.84 Å². The third kappa shape index (κ3) is 1.92. The summed E-state index contributed by atoms with van der Waals surface area (Å²) >= 11 is 0. The van der Waals surface area contributed by atoms with Gasteiger partial charge in [0, 0.05) is 6.61 Å². The van der Waals surface area contributed by atoms with Crippen LogP contribution in [0.15, 0.2) is 0 Å². The molecule has 0 bridgehead atoms. The molecule has 0 aromatic heterocycles. The normalized spacial score (nSPS) is 30.7. The Morgan fingerprint density at radius 3 is 2.43 bits per heavy atom. The van der Waals surface area contributed by atoms with Crippen molar-refractivity contribution < 1.29 is 14.6 Å². The number of ether oxygens (including phenoxy) is 1. The summed E-state index contributed by atoms with van der Waals surface area (Å²) in [7, 11) is 0. The fourth-order valence-corrected chi connectivity index (χ4v) is 2.87.